The first-order chi connectivity index (χ1) is 8.19. The van der Waals surface area contributed by atoms with Crippen molar-refractivity contribution in [3.8, 4) is 0 Å². The predicted octanol–water partition coefficient (Wildman–Crippen LogP) is 2.35. The number of aliphatic hydroxyl groups is 1. The van der Waals surface area contributed by atoms with Crippen molar-refractivity contribution < 1.29 is 9.90 Å². The summed E-state index contributed by atoms with van der Waals surface area (Å²) in [7, 11) is 0. The van der Waals surface area contributed by atoms with Crippen LogP contribution in [0.1, 0.15) is 47.2 Å². The van der Waals surface area contributed by atoms with Crippen LogP contribution in [0, 0.1) is 0 Å². The molecule has 0 unspecified atom stereocenters. The van der Waals surface area contributed by atoms with E-state index in [1.165, 1.54) is 16.2 Å². The van der Waals surface area contributed by atoms with Crippen LogP contribution in [0.5, 0.6) is 0 Å². The molecule has 94 valence electrons. The molecule has 4 heteroatoms. The molecule has 1 heterocycles. The number of nitrogens with one attached hydrogen (secondary N) is 1. The average molecular weight is 253 g/mol. The highest BCUT2D eigenvalue weighted by Crippen LogP contribution is 2.30. The molecule has 1 amide bonds. The van der Waals surface area contributed by atoms with Crippen LogP contribution in [-0.4, -0.2) is 23.2 Å². The first-order valence-corrected chi connectivity index (χ1v) is 7.03. The minimum absolute atomic E-state index is 0.0364. The Kier molecular flexibility index (Phi) is 3.84. The Hall–Kier alpha value is -0.870. The van der Waals surface area contributed by atoms with Gasteiger partial charge in [0.25, 0.3) is 5.91 Å². The van der Waals surface area contributed by atoms with E-state index in [2.05, 4.69) is 12.2 Å². The quantitative estimate of drug-likeness (QED) is 0.865. The molecule has 0 spiro atoms. The summed E-state index contributed by atoms with van der Waals surface area (Å²) >= 11 is 1.54. The van der Waals surface area contributed by atoms with E-state index in [1.54, 1.807) is 0 Å². The summed E-state index contributed by atoms with van der Waals surface area (Å²) in [5, 5.41) is 12.5. The monoisotopic (exact) mass is 253 g/mol. The van der Waals surface area contributed by atoms with Crippen molar-refractivity contribution in [2.24, 2.45) is 0 Å². The lowest BCUT2D eigenvalue weighted by atomic mass is 9.99. The van der Waals surface area contributed by atoms with E-state index in [0.29, 0.717) is 0 Å². The molecule has 1 fully saturated rings. The zero-order valence-corrected chi connectivity index (χ0v) is 11.0. The third-order valence-corrected chi connectivity index (χ3v) is 4.70. The highest BCUT2D eigenvalue weighted by molar-refractivity contribution is 7.14. The van der Waals surface area contributed by atoms with Crippen molar-refractivity contribution in [3.63, 3.8) is 0 Å². The van der Waals surface area contributed by atoms with Gasteiger partial charge >= 0.3 is 0 Å². The number of carbonyl (C=O) groups excluding carboxylic acids is 1. The van der Waals surface area contributed by atoms with E-state index in [9.17, 15) is 9.90 Å². The maximum atomic E-state index is 12.1. The van der Waals surface area contributed by atoms with E-state index < -0.39 is 0 Å². The molecular weight excluding hydrogens is 234 g/mol. The summed E-state index contributed by atoms with van der Waals surface area (Å²) in [5.41, 5.74) is -0.368. The van der Waals surface area contributed by atoms with Gasteiger partial charge in [0.2, 0.25) is 0 Å². The number of carbonyl (C=O) groups is 1. The smallest absolute Gasteiger partial charge is 0.261 e. The van der Waals surface area contributed by atoms with Gasteiger partial charge < -0.3 is 10.4 Å². The molecule has 17 heavy (non-hydrogen) atoms. The van der Waals surface area contributed by atoms with Crippen molar-refractivity contribution in [1.82, 2.24) is 5.32 Å². The Bertz CT molecular complexity index is 394. The van der Waals surface area contributed by atoms with Crippen LogP contribution >= 0.6 is 11.3 Å². The number of aryl methyl sites for hydroxylation is 1. The zero-order valence-electron chi connectivity index (χ0n) is 10.2. The fourth-order valence-electron chi connectivity index (χ4n) is 2.37. The van der Waals surface area contributed by atoms with Gasteiger partial charge in [0.05, 0.1) is 17.0 Å². The second-order valence-electron chi connectivity index (χ2n) is 4.72. The molecular formula is C13H19NO2S. The summed E-state index contributed by atoms with van der Waals surface area (Å²) in [5.74, 6) is -0.0364. The van der Waals surface area contributed by atoms with Gasteiger partial charge in [-0.2, -0.15) is 0 Å². The fourth-order valence-corrected chi connectivity index (χ4v) is 3.21. The Morgan fingerprint density at radius 1 is 1.47 bits per heavy atom. The number of thiophene rings is 1. The number of rotatable bonds is 4. The Morgan fingerprint density at radius 3 is 2.71 bits per heavy atom. The van der Waals surface area contributed by atoms with Crippen molar-refractivity contribution in [1.29, 1.82) is 0 Å². The van der Waals surface area contributed by atoms with E-state index in [-0.39, 0.29) is 18.1 Å². The number of hydrogen-bond acceptors (Lipinski definition) is 3. The Balaban J connectivity index is 2.05. The van der Waals surface area contributed by atoms with Crippen molar-refractivity contribution in [3.05, 3.63) is 21.9 Å². The molecule has 0 aliphatic heterocycles. The molecule has 1 aliphatic rings. The molecule has 1 aromatic heterocycles. The number of amides is 1. The van der Waals surface area contributed by atoms with Crippen molar-refractivity contribution in [2.45, 2.75) is 44.6 Å². The lowest BCUT2D eigenvalue weighted by Crippen LogP contribution is -2.49. The molecule has 1 aliphatic carbocycles. The average Bonchev–Trinajstić information content (AvgIpc) is 2.97. The normalized spacial score (nSPS) is 18.2. The summed E-state index contributed by atoms with van der Waals surface area (Å²) < 4.78 is 0. The molecule has 1 aromatic rings. The first kappa shape index (κ1) is 12.6. The highest BCUT2D eigenvalue weighted by Gasteiger charge is 2.35. The molecule has 2 rings (SSSR count). The van der Waals surface area contributed by atoms with E-state index in [4.69, 9.17) is 0 Å². The predicted molar refractivity (Wildman–Crippen MR) is 69.4 cm³/mol. The molecule has 0 saturated heterocycles. The Morgan fingerprint density at radius 2 is 2.18 bits per heavy atom. The van der Waals surface area contributed by atoms with Gasteiger partial charge in [-0.3, -0.25) is 4.79 Å². The number of hydrogen-bond donors (Lipinski definition) is 2. The summed E-state index contributed by atoms with van der Waals surface area (Å²) in [6, 6.07) is 3.87. The largest absolute Gasteiger partial charge is 0.394 e. The third-order valence-electron chi connectivity index (χ3n) is 3.48. The van der Waals surface area contributed by atoms with Crippen LogP contribution in [0.3, 0.4) is 0 Å². The van der Waals surface area contributed by atoms with E-state index in [1.807, 2.05) is 12.1 Å². The molecule has 0 aromatic carbocycles. The standard InChI is InChI=1S/C13H19NO2S/c1-2-10-5-6-11(17-10)12(16)14-13(9-15)7-3-4-8-13/h5-6,15H,2-4,7-9H2,1H3,(H,14,16). The maximum absolute atomic E-state index is 12.1. The van der Waals surface area contributed by atoms with E-state index >= 15 is 0 Å². The SMILES string of the molecule is CCc1ccc(C(=O)NC2(CO)CCCC2)s1. The first-order valence-electron chi connectivity index (χ1n) is 6.21. The summed E-state index contributed by atoms with van der Waals surface area (Å²) in [6.07, 6.45) is 4.92. The van der Waals surface area contributed by atoms with Gasteiger partial charge in [0.1, 0.15) is 0 Å². The minimum Gasteiger partial charge on any atom is -0.394 e. The molecule has 1 saturated carbocycles. The maximum Gasteiger partial charge on any atom is 0.261 e. The second kappa shape index (κ2) is 5.19. The molecule has 0 atom stereocenters. The van der Waals surface area contributed by atoms with Crippen LogP contribution in [-0.2, 0) is 6.42 Å². The van der Waals surface area contributed by atoms with Crippen LogP contribution in [0.15, 0.2) is 12.1 Å². The lowest BCUT2D eigenvalue weighted by molar-refractivity contribution is 0.0842. The second-order valence-corrected chi connectivity index (χ2v) is 5.89. The van der Waals surface area contributed by atoms with Gasteiger partial charge in [-0.05, 0) is 31.4 Å². The molecule has 3 nitrogen and oxygen atoms in total. The van der Waals surface area contributed by atoms with Crippen LogP contribution < -0.4 is 5.32 Å². The molecule has 0 radical (unpaired) electrons. The summed E-state index contributed by atoms with van der Waals surface area (Å²) in [4.78, 5) is 14.1. The fraction of sp³-hybridized carbons (Fsp3) is 0.615. The van der Waals surface area contributed by atoms with Gasteiger partial charge in [0, 0.05) is 4.88 Å². The minimum atomic E-state index is -0.368. The van der Waals surface area contributed by atoms with Crippen LogP contribution in [0.25, 0.3) is 0 Å². The van der Waals surface area contributed by atoms with Crippen LogP contribution in [0.2, 0.25) is 0 Å². The highest BCUT2D eigenvalue weighted by atomic mass is 32.1. The topological polar surface area (TPSA) is 49.3 Å². The van der Waals surface area contributed by atoms with Gasteiger partial charge in [-0.15, -0.1) is 11.3 Å². The van der Waals surface area contributed by atoms with Crippen molar-refractivity contribution in [2.75, 3.05) is 6.61 Å². The molecule has 0 bridgehead atoms. The lowest BCUT2D eigenvalue weighted by Gasteiger charge is -2.27. The van der Waals surface area contributed by atoms with Gasteiger partial charge in [-0.25, -0.2) is 0 Å². The van der Waals surface area contributed by atoms with E-state index in [0.717, 1.165) is 37.0 Å². The number of aliphatic hydroxyl groups excluding tert-OH is 1. The zero-order chi connectivity index (χ0) is 12.3. The van der Waals surface area contributed by atoms with Crippen LogP contribution in [0.4, 0.5) is 0 Å². The Labute approximate surface area is 106 Å². The van der Waals surface area contributed by atoms with Gasteiger partial charge in [0.15, 0.2) is 0 Å². The summed E-state index contributed by atoms with van der Waals surface area (Å²) in [6.45, 7) is 2.13. The van der Waals surface area contributed by atoms with Gasteiger partial charge in [-0.1, -0.05) is 19.8 Å². The van der Waals surface area contributed by atoms with Crippen molar-refractivity contribution >= 4 is 17.2 Å². The third kappa shape index (κ3) is 2.69. The molecule has 2 N–H and O–H groups in total.